The van der Waals surface area contributed by atoms with Gasteiger partial charge >= 0.3 is 0 Å². The van der Waals surface area contributed by atoms with E-state index in [2.05, 4.69) is 28.8 Å². The van der Waals surface area contributed by atoms with E-state index in [0.717, 1.165) is 57.9 Å². The minimum Gasteiger partial charge on any atom is -0.493 e. The third-order valence-corrected chi connectivity index (χ3v) is 9.42. The Morgan fingerprint density at radius 1 is 0.953 bits per heavy atom. The maximum Gasteiger partial charge on any atom is 0.271 e. The van der Waals surface area contributed by atoms with Crippen molar-refractivity contribution < 1.29 is 13.9 Å². The molecule has 6 nitrogen and oxygen atoms in total. The minimum absolute atomic E-state index is 0.0828. The molecule has 1 aliphatic carbocycles. The molecule has 2 aromatic heterocycles. The molecular weight excluding hydrogens is 561 g/mol. The van der Waals surface area contributed by atoms with Gasteiger partial charge < -0.3 is 14.0 Å². The Morgan fingerprint density at radius 3 is 2.49 bits per heavy atom. The summed E-state index contributed by atoms with van der Waals surface area (Å²) in [7, 11) is 3.24. The number of ether oxygens (including phenoxy) is 2. The number of fused-ring (bicyclic) bond motifs is 3. The molecule has 0 spiro atoms. The highest BCUT2D eigenvalue weighted by Crippen LogP contribution is 2.42. The van der Waals surface area contributed by atoms with Crippen LogP contribution >= 0.6 is 11.3 Å². The monoisotopic (exact) mass is 591 g/mol. The molecule has 1 aliphatic heterocycles. The maximum absolute atomic E-state index is 14.3. The largest absolute Gasteiger partial charge is 0.493 e. The Morgan fingerprint density at radius 2 is 1.72 bits per heavy atom. The first-order valence-electron chi connectivity index (χ1n) is 14.2. The van der Waals surface area contributed by atoms with Gasteiger partial charge in [-0.05, 0) is 97.5 Å². The van der Waals surface area contributed by atoms with Crippen molar-refractivity contribution in [1.29, 1.82) is 0 Å². The van der Waals surface area contributed by atoms with Gasteiger partial charge in [-0.2, -0.15) is 0 Å². The van der Waals surface area contributed by atoms with E-state index in [1.165, 1.54) is 29.0 Å². The highest BCUT2D eigenvalue weighted by Gasteiger charge is 2.33. The van der Waals surface area contributed by atoms with Gasteiger partial charge in [0.2, 0.25) is 0 Å². The van der Waals surface area contributed by atoms with Crippen LogP contribution in [0.2, 0.25) is 0 Å². The first-order chi connectivity index (χ1) is 20.9. The molecule has 0 saturated heterocycles. The van der Waals surface area contributed by atoms with Crippen molar-refractivity contribution in [1.82, 2.24) is 9.13 Å². The smallest absolute Gasteiger partial charge is 0.271 e. The predicted molar refractivity (Wildman–Crippen MR) is 167 cm³/mol. The van der Waals surface area contributed by atoms with E-state index in [0.29, 0.717) is 20.8 Å². The number of aromatic nitrogens is 2. The van der Waals surface area contributed by atoms with Crippen LogP contribution in [-0.4, -0.2) is 23.4 Å². The molecule has 0 bridgehead atoms. The van der Waals surface area contributed by atoms with Gasteiger partial charge in [0.1, 0.15) is 5.82 Å². The average Bonchev–Trinajstić information content (AvgIpc) is 3.49. The number of thiazole rings is 1. The fourth-order valence-electron chi connectivity index (χ4n) is 6.41. The summed E-state index contributed by atoms with van der Waals surface area (Å²) in [4.78, 5) is 20.1. The molecule has 8 heteroatoms. The van der Waals surface area contributed by atoms with Gasteiger partial charge in [0.15, 0.2) is 16.3 Å². The number of hydrogen-bond donors (Lipinski definition) is 0. The second-order valence-corrected chi connectivity index (χ2v) is 11.9. The standard InChI is InChI=1S/C35H30FN3O3S/c1-20-17-24(21(2)38(20)26-13-11-25(36)12-14-26)19-31-34(40)39-33(23-10-16-29(41-3)30(18-23)42-4)28-15-9-22-7-5-6-8-27(22)32(28)37-35(39)43-31/h5-8,10-14,16-19,33H,9,15H2,1-4H3/b31-19+/t33-/m0/s1. The summed E-state index contributed by atoms with van der Waals surface area (Å²) in [6.45, 7) is 4.03. The van der Waals surface area contributed by atoms with Gasteiger partial charge in [0.25, 0.3) is 5.56 Å². The number of allylic oxidation sites excluding steroid dienone is 1. The fourth-order valence-corrected chi connectivity index (χ4v) is 7.40. The summed E-state index contributed by atoms with van der Waals surface area (Å²) >= 11 is 1.40. The van der Waals surface area contributed by atoms with Crippen LogP contribution < -0.4 is 24.4 Å². The molecule has 43 heavy (non-hydrogen) atoms. The fraction of sp³-hybridized carbons (Fsp3) is 0.200. The zero-order valence-electron chi connectivity index (χ0n) is 24.3. The number of halogens is 1. The molecule has 0 saturated carbocycles. The second-order valence-electron chi connectivity index (χ2n) is 10.9. The Bertz CT molecular complexity index is 2120. The summed E-state index contributed by atoms with van der Waals surface area (Å²) in [5.74, 6) is 0.978. The second kappa shape index (κ2) is 10.5. The van der Waals surface area contributed by atoms with Crippen molar-refractivity contribution in [2.45, 2.75) is 32.7 Å². The molecular formula is C35H30FN3O3S. The summed E-state index contributed by atoms with van der Waals surface area (Å²) in [6, 6.07) is 22.4. The van der Waals surface area contributed by atoms with E-state index in [1.54, 1.807) is 26.4 Å². The number of benzene rings is 3. The van der Waals surface area contributed by atoms with Crippen molar-refractivity contribution in [3.8, 4) is 17.2 Å². The number of nitrogens with zero attached hydrogens (tertiary/aromatic N) is 3. The lowest BCUT2D eigenvalue weighted by atomic mass is 9.83. The van der Waals surface area contributed by atoms with Crippen molar-refractivity contribution in [2.75, 3.05) is 14.2 Å². The highest BCUT2D eigenvalue weighted by atomic mass is 32.1. The van der Waals surface area contributed by atoms with Gasteiger partial charge in [0.05, 0.1) is 30.5 Å². The third kappa shape index (κ3) is 4.44. The van der Waals surface area contributed by atoms with Crippen LogP contribution in [-0.2, 0) is 6.42 Å². The lowest BCUT2D eigenvalue weighted by molar-refractivity contribution is 0.354. The van der Waals surface area contributed by atoms with Gasteiger partial charge in [-0.1, -0.05) is 41.7 Å². The van der Waals surface area contributed by atoms with Crippen molar-refractivity contribution in [3.05, 3.63) is 138 Å². The van der Waals surface area contributed by atoms with Crippen molar-refractivity contribution in [3.63, 3.8) is 0 Å². The van der Waals surface area contributed by atoms with E-state index in [4.69, 9.17) is 14.5 Å². The van der Waals surface area contributed by atoms with E-state index in [9.17, 15) is 9.18 Å². The van der Waals surface area contributed by atoms with Gasteiger partial charge in [0, 0.05) is 22.6 Å². The van der Waals surface area contributed by atoms with Crippen LogP contribution in [0.4, 0.5) is 4.39 Å². The molecule has 0 amide bonds. The molecule has 1 atom stereocenters. The lowest BCUT2D eigenvalue weighted by Gasteiger charge is -2.31. The van der Waals surface area contributed by atoms with Gasteiger partial charge in [-0.25, -0.2) is 9.38 Å². The number of aryl methyl sites for hydroxylation is 2. The van der Waals surface area contributed by atoms with E-state index < -0.39 is 0 Å². The zero-order valence-corrected chi connectivity index (χ0v) is 25.2. The Hall–Kier alpha value is -4.69. The first kappa shape index (κ1) is 27.2. The summed E-state index contributed by atoms with van der Waals surface area (Å²) in [5.41, 5.74) is 9.10. The quantitative estimate of drug-likeness (QED) is 0.257. The number of rotatable bonds is 5. The van der Waals surface area contributed by atoms with Gasteiger partial charge in [-0.3, -0.25) is 9.36 Å². The molecule has 0 fully saturated rings. The summed E-state index contributed by atoms with van der Waals surface area (Å²) in [5, 5.41) is 0. The third-order valence-electron chi connectivity index (χ3n) is 8.44. The molecule has 0 unspecified atom stereocenters. The molecule has 2 aliphatic rings. The van der Waals surface area contributed by atoms with Crippen LogP contribution in [0.3, 0.4) is 0 Å². The zero-order chi connectivity index (χ0) is 29.8. The maximum atomic E-state index is 14.3. The van der Waals surface area contributed by atoms with E-state index in [1.807, 2.05) is 48.8 Å². The normalized spacial score (nSPS) is 15.9. The van der Waals surface area contributed by atoms with E-state index in [-0.39, 0.29) is 17.4 Å². The first-order valence-corrected chi connectivity index (χ1v) is 15.0. The number of hydrogen-bond acceptors (Lipinski definition) is 5. The van der Waals surface area contributed by atoms with Crippen LogP contribution in [0.1, 0.15) is 46.1 Å². The van der Waals surface area contributed by atoms with E-state index >= 15 is 0 Å². The van der Waals surface area contributed by atoms with Crippen LogP contribution in [0.5, 0.6) is 11.5 Å². The van der Waals surface area contributed by atoms with Crippen molar-refractivity contribution >= 4 is 23.1 Å². The van der Waals surface area contributed by atoms with Crippen LogP contribution in [0, 0.1) is 19.7 Å². The topological polar surface area (TPSA) is 57.8 Å². The average molecular weight is 592 g/mol. The molecule has 0 N–H and O–H groups in total. The number of methoxy groups -OCH3 is 2. The lowest BCUT2D eigenvalue weighted by Crippen LogP contribution is -2.38. The molecule has 5 aromatic rings. The molecule has 7 rings (SSSR count). The van der Waals surface area contributed by atoms with Crippen LogP contribution in [0.25, 0.3) is 17.5 Å². The SMILES string of the molecule is COc1ccc([C@H]2C3=C(N=c4s/c(=C/c5cc(C)n(-c6ccc(F)cc6)c5C)c(=O)n42)c2ccccc2CC3)cc1OC. The summed E-state index contributed by atoms with van der Waals surface area (Å²) in [6.07, 6.45) is 3.64. The predicted octanol–water partition coefficient (Wildman–Crippen LogP) is 5.88. The Labute approximate surface area is 252 Å². The molecule has 0 radical (unpaired) electrons. The van der Waals surface area contributed by atoms with Crippen LogP contribution in [0.15, 0.2) is 88.2 Å². The summed E-state index contributed by atoms with van der Waals surface area (Å²) < 4.78 is 29.3. The Kier molecular flexibility index (Phi) is 6.66. The van der Waals surface area contributed by atoms with Gasteiger partial charge in [-0.15, -0.1) is 0 Å². The Balaban J connectivity index is 1.44. The molecule has 3 aromatic carbocycles. The molecule has 3 heterocycles. The van der Waals surface area contributed by atoms with Crippen molar-refractivity contribution in [2.24, 2.45) is 4.99 Å². The molecule has 216 valence electrons. The minimum atomic E-state index is -0.326. The highest BCUT2D eigenvalue weighted by molar-refractivity contribution is 7.07.